The van der Waals surface area contributed by atoms with E-state index in [0.717, 1.165) is 55.2 Å². The summed E-state index contributed by atoms with van der Waals surface area (Å²) in [5, 5.41) is 3.40. The van der Waals surface area contributed by atoms with E-state index in [4.69, 9.17) is 4.98 Å². The van der Waals surface area contributed by atoms with Gasteiger partial charge in [-0.1, -0.05) is 57.9 Å². The molecule has 0 bridgehead atoms. The zero-order chi connectivity index (χ0) is 24.6. The normalized spacial score (nSPS) is 15.1. The van der Waals surface area contributed by atoms with Crippen LogP contribution >= 0.6 is 0 Å². The number of hydrogen-bond acceptors (Lipinski definition) is 5. The van der Waals surface area contributed by atoms with Gasteiger partial charge in [-0.15, -0.1) is 0 Å². The van der Waals surface area contributed by atoms with Crippen LogP contribution in [0, 0.1) is 5.92 Å². The zero-order valence-corrected chi connectivity index (χ0v) is 20.9. The number of aromatic nitrogens is 2. The van der Waals surface area contributed by atoms with Crippen LogP contribution in [0.25, 0.3) is 6.08 Å². The van der Waals surface area contributed by atoms with Crippen molar-refractivity contribution < 1.29 is 4.79 Å². The van der Waals surface area contributed by atoms with Crippen molar-refractivity contribution in [3.8, 4) is 0 Å². The van der Waals surface area contributed by atoms with E-state index in [9.17, 15) is 4.79 Å². The Labute approximate surface area is 209 Å². The van der Waals surface area contributed by atoms with Crippen molar-refractivity contribution in [2.45, 2.75) is 51.9 Å². The summed E-state index contributed by atoms with van der Waals surface area (Å²) < 4.78 is 0. The Morgan fingerprint density at radius 2 is 2.03 bits per heavy atom. The highest BCUT2D eigenvalue weighted by molar-refractivity contribution is 5.87. The summed E-state index contributed by atoms with van der Waals surface area (Å²) >= 11 is 0. The summed E-state index contributed by atoms with van der Waals surface area (Å²) in [6.45, 7) is 12.4. The molecular weight excluding hydrogens is 434 g/mol. The molecule has 0 atom stereocenters. The van der Waals surface area contributed by atoms with Gasteiger partial charge in [-0.25, -0.2) is 4.98 Å². The van der Waals surface area contributed by atoms with Gasteiger partial charge in [0.2, 0.25) is 11.9 Å². The van der Waals surface area contributed by atoms with E-state index in [1.54, 1.807) is 0 Å². The molecule has 2 aliphatic rings. The first-order valence-corrected chi connectivity index (χ1v) is 12.9. The Morgan fingerprint density at radius 1 is 1.20 bits per heavy atom. The van der Waals surface area contributed by atoms with Gasteiger partial charge >= 0.3 is 0 Å². The van der Waals surface area contributed by atoms with Crippen LogP contribution in [0.1, 0.15) is 56.6 Å². The molecule has 4 rings (SSSR count). The first-order chi connectivity index (χ1) is 17.1. The Hall–Kier alpha value is -3.41. The number of hydrogen-bond donors (Lipinski definition) is 1. The van der Waals surface area contributed by atoms with Crippen molar-refractivity contribution in [2.75, 3.05) is 29.9 Å². The molecule has 184 valence electrons. The molecule has 1 fully saturated rings. The van der Waals surface area contributed by atoms with Gasteiger partial charge in [-0.05, 0) is 61.1 Å². The molecule has 6 nitrogen and oxygen atoms in total. The summed E-state index contributed by atoms with van der Waals surface area (Å²) in [7, 11) is 0. The fourth-order valence-corrected chi connectivity index (χ4v) is 4.68. The maximum Gasteiger partial charge on any atom is 0.245 e. The first kappa shape index (κ1) is 24.7. The number of rotatable bonds is 12. The van der Waals surface area contributed by atoms with Gasteiger partial charge in [-0.3, -0.25) is 4.79 Å². The third-order valence-corrected chi connectivity index (χ3v) is 6.81. The number of allylic oxidation sites excluding steroid dienone is 1. The highest BCUT2D eigenvalue weighted by Gasteiger charge is 2.30. The number of anilines is 3. The van der Waals surface area contributed by atoms with E-state index in [1.807, 2.05) is 23.2 Å². The molecule has 1 saturated heterocycles. The predicted molar refractivity (Wildman–Crippen MR) is 145 cm³/mol. The van der Waals surface area contributed by atoms with Crippen molar-refractivity contribution in [3.63, 3.8) is 0 Å². The molecule has 1 N–H and O–H groups in total. The number of fused-ring (bicyclic) bond motifs is 1. The van der Waals surface area contributed by atoms with Gasteiger partial charge < -0.3 is 15.1 Å². The molecule has 1 aromatic carbocycles. The number of unbranched alkanes of at least 4 members (excludes halogenated alkanes) is 4. The number of likely N-dealkylation sites (tertiary alicyclic amines) is 1. The third-order valence-electron chi connectivity index (χ3n) is 6.81. The second-order valence-electron chi connectivity index (χ2n) is 9.54. The quantitative estimate of drug-likeness (QED) is 0.299. The second kappa shape index (κ2) is 11.8. The number of aryl methyl sites for hydroxylation is 1. The molecule has 2 aromatic rings. The minimum absolute atomic E-state index is 0.0148. The number of carbonyl (C=O) groups excluding carboxylic acids is 1. The summed E-state index contributed by atoms with van der Waals surface area (Å²) in [5.41, 5.74) is 4.26. The molecule has 1 amide bonds. The van der Waals surface area contributed by atoms with E-state index in [0.29, 0.717) is 11.9 Å². The summed E-state index contributed by atoms with van der Waals surface area (Å²) in [4.78, 5) is 25.1. The van der Waals surface area contributed by atoms with Gasteiger partial charge in [0, 0.05) is 42.8 Å². The van der Waals surface area contributed by atoms with Crippen molar-refractivity contribution in [2.24, 2.45) is 5.92 Å². The van der Waals surface area contributed by atoms with Crippen molar-refractivity contribution in [1.29, 1.82) is 0 Å². The van der Waals surface area contributed by atoms with E-state index < -0.39 is 0 Å². The number of carbonyl (C=O) groups is 1. The highest BCUT2D eigenvalue weighted by atomic mass is 16.2. The summed E-state index contributed by atoms with van der Waals surface area (Å²) in [5.74, 6) is 1.97. The molecule has 1 aromatic heterocycles. The van der Waals surface area contributed by atoms with Crippen molar-refractivity contribution >= 4 is 29.4 Å². The monoisotopic (exact) mass is 471 g/mol. The standard InChI is InChI=1S/C29H37N5O/c1-4-6-7-8-9-11-23-12-10-13-26(18-23)31-29-30-19-25-15-14-22(3)34(28(25)32-29)17-16-24-20-33(21-24)27(35)5-2/h5,10,12-15,18-19,24H,2-4,6-9,11,16-17,20-21H2,1H3,(H,30,31,32). The Kier molecular flexibility index (Phi) is 8.35. The van der Waals surface area contributed by atoms with Crippen LogP contribution in [0.2, 0.25) is 0 Å². The summed E-state index contributed by atoms with van der Waals surface area (Å²) in [6, 6.07) is 8.55. The zero-order valence-electron chi connectivity index (χ0n) is 20.9. The minimum atomic E-state index is 0.0148. The lowest BCUT2D eigenvalue weighted by Gasteiger charge is -2.40. The summed E-state index contributed by atoms with van der Waals surface area (Å²) in [6.07, 6.45) is 15.8. The minimum Gasteiger partial charge on any atom is -0.338 e. The molecule has 35 heavy (non-hydrogen) atoms. The average Bonchev–Trinajstić information content (AvgIpc) is 2.84. The number of amides is 1. The molecule has 0 unspecified atom stereocenters. The molecular formula is C29H37N5O. The maximum atomic E-state index is 11.7. The van der Waals surface area contributed by atoms with Crippen LogP contribution in [-0.4, -0.2) is 40.4 Å². The van der Waals surface area contributed by atoms with Gasteiger partial charge in [0.25, 0.3) is 0 Å². The van der Waals surface area contributed by atoms with E-state index >= 15 is 0 Å². The van der Waals surface area contributed by atoms with Crippen LogP contribution in [0.15, 0.2) is 61.5 Å². The lowest BCUT2D eigenvalue weighted by molar-refractivity contribution is -0.132. The maximum absolute atomic E-state index is 11.7. The van der Waals surface area contributed by atoms with Gasteiger partial charge in [0.05, 0.1) is 0 Å². The molecule has 0 saturated carbocycles. The molecule has 3 heterocycles. The smallest absolute Gasteiger partial charge is 0.245 e. The Bertz CT molecular complexity index is 1090. The van der Waals surface area contributed by atoms with E-state index in [1.165, 1.54) is 43.7 Å². The third kappa shape index (κ3) is 6.38. The molecule has 2 aliphatic heterocycles. The van der Waals surface area contributed by atoms with Crippen LogP contribution in [0.3, 0.4) is 0 Å². The first-order valence-electron chi connectivity index (χ1n) is 12.9. The molecule has 0 radical (unpaired) electrons. The SMILES string of the molecule is C=CC(=O)N1CC(CCN2C(=C)C=Cc3cnc(Nc4cccc(CCCCCCC)c4)nc32)C1. The fraction of sp³-hybridized carbons (Fsp3) is 0.414. The van der Waals surface area contributed by atoms with Gasteiger partial charge in [0.1, 0.15) is 5.82 Å². The number of nitrogens with zero attached hydrogens (tertiary/aromatic N) is 4. The van der Waals surface area contributed by atoms with Crippen LogP contribution in [0.4, 0.5) is 17.5 Å². The molecule has 6 heteroatoms. The van der Waals surface area contributed by atoms with Crippen molar-refractivity contribution in [1.82, 2.24) is 14.9 Å². The van der Waals surface area contributed by atoms with Crippen LogP contribution in [-0.2, 0) is 11.2 Å². The van der Waals surface area contributed by atoms with Crippen LogP contribution in [0.5, 0.6) is 0 Å². The highest BCUT2D eigenvalue weighted by Crippen LogP contribution is 2.31. The van der Waals surface area contributed by atoms with Crippen molar-refractivity contribution in [3.05, 3.63) is 72.6 Å². The van der Waals surface area contributed by atoms with Gasteiger partial charge in [0.15, 0.2) is 0 Å². The fourth-order valence-electron chi connectivity index (χ4n) is 4.68. The Morgan fingerprint density at radius 3 is 2.83 bits per heavy atom. The molecule has 0 spiro atoms. The lowest BCUT2D eigenvalue weighted by Crippen LogP contribution is -2.50. The largest absolute Gasteiger partial charge is 0.338 e. The second-order valence-corrected chi connectivity index (χ2v) is 9.54. The van der Waals surface area contributed by atoms with E-state index in [-0.39, 0.29) is 5.91 Å². The number of benzene rings is 1. The van der Waals surface area contributed by atoms with E-state index in [2.05, 4.69) is 59.5 Å². The predicted octanol–water partition coefficient (Wildman–Crippen LogP) is 6.11. The number of nitrogens with one attached hydrogen (secondary N) is 1. The topological polar surface area (TPSA) is 61.4 Å². The molecule has 0 aliphatic carbocycles. The van der Waals surface area contributed by atoms with Crippen LogP contribution < -0.4 is 10.2 Å². The van der Waals surface area contributed by atoms with Gasteiger partial charge in [-0.2, -0.15) is 4.98 Å². The Balaban J connectivity index is 1.37. The lowest BCUT2D eigenvalue weighted by atomic mass is 9.95. The average molecular weight is 472 g/mol.